The van der Waals surface area contributed by atoms with Crippen molar-refractivity contribution >= 4 is 228 Å². The highest BCUT2D eigenvalue weighted by molar-refractivity contribution is 8.87. The van der Waals surface area contributed by atoms with Crippen LogP contribution in [0, 0.1) is 50.6 Å². The number of anilines is 4. The number of carbonyl (C=O) groups excluding carboxylic acids is 1. The van der Waals surface area contributed by atoms with Gasteiger partial charge in [0.25, 0.3) is 34.3 Å². The zero-order valence-corrected chi connectivity index (χ0v) is 72.7. The number of hydrogen-bond donors (Lipinski definition) is 5. The maximum absolute atomic E-state index is 10.9. The quantitative estimate of drug-likeness (QED) is 0.0159. The van der Waals surface area contributed by atoms with Crippen LogP contribution in [0.2, 0.25) is 0 Å². The van der Waals surface area contributed by atoms with Gasteiger partial charge in [-0.2, -0.15) is 0 Å². The topological polar surface area (TPSA) is 474 Å². The normalized spacial score (nSPS) is 13.4. The number of nitro groups is 5. The summed E-state index contributed by atoms with van der Waals surface area (Å²) in [5, 5.41) is 62.0. The molecule has 14 rings (SSSR count). The fourth-order valence-corrected chi connectivity index (χ4v) is 45.0. The Hall–Kier alpha value is -8.48. The average molecular weight is 1860 g/mol. The van der Waals surface area contributed by atoms with Crippen molar-refractivity contribution in [1.82, 2.24) is 19.1 Å². The molecule has 0 saturated carbocycles. The number of imidazole rings is 2. The Morgan fingerprint density at radius 1 is 0.561 bits per heavy atom. The third kappa shape index (κ3) is 29.1. The van der Waals surface area contributed by atoms with E-state index in [2.05, 4.69) is 35.9 Å². The third-order valence-corrected chi connectivity index (χ3v) is 49.0. The second-order valence-corrected chi connectivity index (χ2v) is 48.5. The number of thiocarbonyl (C=S) groups is 1. The number of non-ortho nitro benzene ring substituents is 5. The Balaban J connectivity index is 0.000000182. The lowest BCUT2D eigenvalue weighted by Crippen LogP contribution is -2.28. The van der Waals surface area contributed by atoms with Crippen molar-refractivity contribution in [3.63, 3.8) is 0 Å². The zero-order valence-electron chi connectivity index (χ0n) is 59.3. The summed E-state index contributed by atoms with van der Waals surface area (Å²) in [6.45, 7) is 2.45. The third-order valence-electron chi connectivity index (χ3n) is 14.3. The molecule has 604 valence electrons. The molecule has 8 aromatic rings. The predicted molar refractivity (Wildman–Crippen MR) is 469 cm³/mol. The molecule has 0 radical (unpaired) electrons. The minimum atomic E-state index is -0.527. The van der Waals surface area contributed by atoms with Gasteiger partial charge >= 0.3 is 0 Å². The number of nitrogens with one attached hydrogen (secondary N) is 3. The minimum absolute atomic E-state index is 0.00670. The first-order chi connectivity index (χ1) is 55.0. The van der Waals surface area contributed by atoms with E-state index >= 15 is 0 Å². The monoisotopic (exact) mass is 1860 g/mol. The molecule has 53 heteroatoms. The molecule has 2 aromatic heterocycles. The molecular formula is C61H62N16O21P4S12. The van der Waals surface area contributed by atoms with E-state index in [1.165, 1.54) is 109 Å². The number of benzene rings is 6. The molecule has 8 heterocycles. The Morgan fingerprint density at radius 2 is 1.00 bits per heavy atom. The number of thioether (sulfide) groups is 1. The van der Waals surface area contributed by atoms with Crippen LogP contribution < -0.4 is 55.8 Å². The van der Waals surface area contributed by atoms with Crippen LogP contribution in [0.4, 0.5) is 56.9 Å². The summed E-state index contributed by atoms with van der Waals surface area (Å²) in [7, 11) is 21.4. The maximum atomic E-state index is 10.9. The Morgan fingerprint density at radius 3 is 1.50 bits per heavy atom. The first-order valence-corrected chi connectivity index (χ1v) is 51.6. The number of methoxy groups -OCH3 is 4. The van der Waals surface area contributed by atoms with Crippen LogP contribution in [0.25, 0.3) is 11.4 Å². The van der Waals surface area contributed by atoms with Crippen LogP contribution in [0.1, 0.15) is 11.6 Å². The molecule has 6 aromatic carbocycles. The van der Waals surface area contributed by atoms with Crippen LogP contribution >= 0.6 is 52.1 Å². The van der Waals surface area contributed by atoms with Gasteiger partial charge in [0.1, 0.15) is 89.1 Å². The summed E-state index contributed by atoms with van der Waals surface area (Å²) in [6.07, 6.45) is 8.31. The minimum Gasteiger partial charge on any atom is -0.484 e. The summed E-state index contributed by atoms with van der Waals surface area (Å²) in [4.78, 5) is 78.8. The number of amidine groups is 1. The Kier molecular flexibility index (Phi) is 39.7. The number of nitro benzene ring substituents is 5. The van der Waals surface area contributed by atoms with E-state index in [1.807, 2.05) is 44.7 Å². The van der Waals surface area contributed by atoms with Gasteiger partial charge in [-0.3, -0.25) is 69.5 Å². The van der Waals surface area contributed by atoms with E-state index in [-0.39, 0.29) is 60.8 Å². The highest BCUT2D eigenvalue weighted by Crippen LogP contribution is 2.69. The van der Waals surface area contributed by atoms with Crippen molar-refractivity contribution in [2.75, 3.05) is 95.9 Å². The number of fused-ring (bicyclic) bond motifs is 10. The number of hydrogen-bond acceptors (Lipinski definition) is 32. The molecule has 0 spiro atoms. The smallest absolute Gasteiger partial charge is 0.271 e. The van der Waals surface area contributed by atoms with Gasteiger partial charge in [0, 0.05) is 147 Å². The Bertz CT molecular complexity index is 5190. The largest absolute Gasteiger partial charge is 0.484 e. The van der Waals surface area contributed by atoms with Gasteiger partial charge in [-0.25, -0.2) is 15.0 Å². The maximum Gasteiger partial charge on any atom is 0.271 e. The molecule has 0 bridgehead atoms. The zero-order chi connectivity index (χ0) is 82.6. The summed E-state index contributed by atoms with van der Waals surface area (Å²) >= 11 is 21.0. The van der Waals surface area contributed by atoms with E-state index in [0.29, 0.717) is 108 Å². The average Bonchev–Trinajstić information content (AvgIpc) is 1.72. The molecule has 0 saturated heterocycles. The van der Waals surface area contributed by atoms with Gasteiger partial charge in [-0.15, -0.1) is 11.8 Å². The van der Waals surface area contributed by atoms with Gasteiger partial charge in [0.05, 0.1) is 66.6 Å². The highest BCUT2D eigenvalue weighted by atomic mass is 33.4. The molecule has 0 atom stereocenters. The van der Waals surface area contributed by atoms with Crippen molar-refractivity contribution in [3.05, 3.63) is 196 Å². The summed E-state index contributed by atoms with van der Waals surface area (Å²) in [5.74, 6) is 5.59. The number of nitrogens with zero attached hydrogens (tertiary/aromatic N) is 11. The molecule has 6 aliphatic rings. The number of amides is 1. The van der Waals surface area contributed by atoms with Gasteiger partial charge in [0.2, 0.25) is 0 Å². The van der Waals surface area contributed by atoms with Gasteiger partial charge < -0.3 is 74.8 Å². The van der Waals surface area contributed by atoms with E-state index in [4.69, 9.17) is 106 Å². The molecule has 7 N–H and O–H groups in total. The van der Waals surface area contributed by atoms with Crippen molar-refractivity contribution < 1.29 is 76.8 Å². The van der Waals surface area contributed by atoms with Crippen molar-refractivity contribution in [1.29, 1.82) is 0 Å². The highest BCUT2D eigenvalue weighted by Gasteiger charge is 2.25. The molecule has 6 aliphatic heterocycles. The summed E-state index contributed by atoms with van der Waals surface area (Å²) in [5.41, 5.74) is 15.2. The summed E-state index contributed by atoms with van der Waals surface area (Å²) in [6, 6.07) is 27.3. The lowest BCUT2D eigenvalue weighted by Gasteiger charge is -2.21. The van der Waals surface area contributed by atoms with E-state index < -0.39 is 30.9 Å². The van der Waals surface area contributed by atoms with Crippen LogP contribution in [0.15, 0.2) is 144 Å². The first kappa shape index (κ1) is 92.7. The standard InChI is InChI=1S/C12H15N3O5.C10H7N3O3.C10H9N3O.C9H8N2O3S.C8H6N2O4.C8H6N2O3S.C4H11NO2.P4S10/c1-18-12(19-2)6-13-11-7-20-10-4-3-8(15(16)17)5-9(10)14-11;14-13(15)7-1-2-9-8(5-7)12-4-3-11-10(12)6-16-9;11-7-1-2-9-8(5-7)13-4-3-12-10(13)6-14-9;1-15-9-5-14-8-3-2-6(11(12)13)4-7(8)10-9;11-8-4-14-7-2-1-5(10(12)13)3-6(7)9-8;11-10(12)5-1-2-7-6(3-5)9-8(14)4-13-7;1-6-4(3-5)7-2;5-1-4(2-6)3-8-10-12-14-13-11-9-7/h3-5,12H,6-7H2,1-2H3,(H,13,14);1-5H,6H2;1-5H,6,11H2;2-4H,5H2,1H3;1-3H,4H2,(H,9,11);1-3H,4H2,(H,9,14);4H,3,5H2,1-2H3;. The van der Waals surface area contributed by atoms with Gasteiger partial charge in [-0.05, 0) is 129 Å². The van der Waals surface area contributed by atoms with Crippen molar-refractivity contribution in [3.8, 4) is 45.9 Å². The molecular weight excluding hydrogens is 1800 g/mol. The number of aliphatic imine (C=N–C) groups is 2. The first-order valence-electron chi connectivity index (χ1n) is 31.4. The lowest BCUT2D eigenvalue weighted by atomic mass is 10.2. The second-order valence-electron chi connectivity index (χ2n) is 21.3. The molecule has 0 fully saturated rings. The fraction of sp³-hybridized carbons (Fsp3) is 0.246. The predicted octanol–water partition coefficient (Wildman–Crippen LogP) is 12.5. The summed E-state index contributed by atoms with van der Waals surface area (Å²) < 4.78 is 55.3. The SMILES string of the molecule is COC(CN)OC.COC(CN=C1COc2ccc([N+](=O)[O-])cc2N1)OC.CSC1=Nc2cc([N+](=O)[O-])ccc2OC1.Nc1ccc2c(c1)-n1ccnc1CO2.O=C1COc2ccc([N+](=O)[O-])cc2N1.O=[N+]([O-])c1ccc2c(c1)-n1ccnc1CO2.O=[N+]([O-])c1ccc2c(c1)NC(=S)CO2.S=PP(P=S)P=S=S=S=S=S=S=S=S. The van der Waals surface area contributed by atoms with Gasteiger partial charge in [0.15, 0.2) is 30.8 Å². The molecule has 1 amide bonds. The van der Waals surface area contributed by atoms with Crippen LogP contribution in [-0.2, 0) is 135 Å². The van der Waals surface area contributed by atoms with Crippen molar-refractivity contribution in [2.45, 2.75) is 25.8 Å². The number of carbonyl (C=O) groups is 1. The second kappa shape index (κ2) is 48.8. The molecule has 0 aliphatic carbocycles. The molecule has 114 heavy (non-hydrogen) atoms. The lowest BCUT2D eigenvalue weighted by molar-refractivity contribution is -0.385. The van der Waals surface area contributed by atoms with Gasteiger partial charge in [-0.1, -0.05) is 35.8 Å². The van der Waals surface area contributed by atoms with Crippen LogP contribution in [-0.4, -0.2) is 152 Å². The fourth-order valence-electron chi connectivity index (χ4n) is 9.13. The van der Waals surface area contributed by atoms with Crippen molar-refractivity contribution in [2.24, 2.45) is 15.7 Å². The number of aromatic nitrogens is 4. The number of nitrogen functional groups attached to an aromatic ring is 1. The number of nitrogens with two attached hydrogens (primary N) is 2. The van der Waals surface area contributed by atoms with E-state index in [9.17, 15) is 55.4 Å². The van der Waals surface area contributed by atoms with Crippen LogP contribution in [0.5, 0.6) is 34.5 Å². The molecule has 37 nitrogen and oxygen atoms in total. The number of ether oxygens (including phenoxy) is 10. The van der Waals surface area contributed by atoms with E-state index in [0.717, 1.165) is 47.9 Å². The van der Waals surface area contributed by atoms with E-state index in [1.54, 1.807) is 106 Å². The Labute approximate surface area is 697 Å². The number of rotatable bonds is 15. The van der Waals surface area contributed by atoms with Crippen LogP contribution in [0.3, 0.4) is 0 Å². The molecule has 0 unspecified atom stereocenters.